The maximum atomic E-state index is 9.87. The second-order valence-electron chi connectivity index (χ2n) is 8.55. The molecule has 0 bridgehead atoms. The zero-order valence-corrected chi connectivity index (χ0v) is 20.5. The first-order valence-corrected chi connectivity index (χ1v) is 14.8. The van der Waals surface area contributed by atoms with Crippen molar-refractivity contribution >= 4 is 25.7 Å². The third-order valence-electron chi connectivity index (χ3n) is 6.40. The van der Waals surface area contributed by atoms with Gasteiger partial charge in [-0.1, -0.05) is 61.5 Å². The van der Waals surface area contributed by atoms with Gasteiger partial charge in [-0.05, 0) is 61.2 Å². The van der Waals surface area contributed by atoms with Crippen molar-refractivity contribution in [3.63, 3.8) is 0 Å². The van der Waals surface area contributed by atoms with E-state index >= 15 is 0 Å². The van der Waals surface area contributed by atoms with Gasteiger partial charge in [0.25, 0.3) is 0 Å². The molecule has 0 aliphatic carbocycles. The summed E-state index contributed by atoms with van der Waals surface area (Å²) in [5.41, 5.74) is 5.33. The predicted molar refractivity (Wildman–Crippen MR) is 130 cm³/mol. The van der Waals surface area contributed by atoms with Crippen molar-refractivity contribution in [2.45, 2.75) is 44.9 Å². The van der Waals surface area contributed by atoms with Crippen molar-refractivity contribution in [1.82, 2.24) is 0 Å². The molecule has 2 unspecified atom stereocenters. The van der Waals surface area contributed by atoms with Crippen LogP contribution in [0, 0.1) is 6.92 Å². The molecule has 2 atom stereocenters. The maximum absolute atomic E-state index is 10.7. The molecule has 0 spiro atoms. The van der Waals surface area contributed by atoms with E-state index in [9.17, 15) is 25.2 Å². The zero-order chi connectivity index (χ0) is 24.6. The van der Waals surface area contributed by atoms with Crippen LogP contribution in [0.5, 0.6) is 0 Å². The molecule has 4 rings (SSSR count). The Kier molecular flexibility index (Phi) is 6.54. The molecule has 0 N–H and O–H groups in total. The van der Waals surface area contributed by atoms with E-state index in [1.54, 1.807) is 21.7 Å². The first-order valence-electron chi connectivity index (χ1n) is 10.8. The molecule has 3 aromatic carbocycles. The molecule has 0 radical (unpaired) electrons. The van der Waals surface area contributed by atoms with E-state index < -0.39 is 15.1 Å². The van der Waals surface area contributed by atoms with Gasteiger partial charge in [-0.2, -0.15) is 0 Å². The molecule has 180 valence electrons. The summed E-state index contributed by atoms with van der Waals surface area (Å²) in [5.74, 6) is 0.632. The second-order valence-corrected chi connectivity index (χ2v) is 14.4. The molecular weight excluding hydrogens is 476 g/mol. The summed E-state index contributed by atoms with van der Waals surface area (Å²) >= 11 is 0. The summed E-state index contributed by atoms with van der Waals surface area (Å²) in [6.45, 7) is 7.18. The summed E-state index contributed by atoms with van der Waals surface area (Å²) in [7, 11) is -12.2. The quantitative estimate of drug-likeness (QED) is 0.246. The van der Waals surface area contributed by atoms with Crippen molar-refractivity contribution in [1.29, 1.82) is 0 Å². The molecule has 0 aromatic heterocycles. The van der Waals surface area contributed by atoms with Gasteiger partial charge >= 0.3 is 33.0 Å². The number of hydrogen-bond acceptors (Lipinski definition) is 0. The molecule has 0 saturated carbocycles. The van der Waals surface area contributed by atoms with Crippen LogP contribution in [0.1, 0.15) is 42.9 Å². The Morgan fingerprint density at radius 2 is 1.21 bits per heavy atom. The summed E-state index contributed by atoms with van der Waals surface area (Å²) in [6.07, 6.45) is 2.40. The zero-order valence-electron chi connectivity index (χ0n) is 18.7. The number of hydrogen-bond donors (Lipinski definition) is 0. The van der Waals surface area contributed by atoms with Crippen molar-refractivity contribution in [2.75, 3.05) is 0 Å². The van der Waals surface area contributed by atoms with E-state index in [0.29, 0.717) is 11.6 Å². The van der Waals surface area contributed by atoms with Crippen LogP contribution >= 0.6 is 15.1 Å². The topological polar surface area (TPSA) is 0 Å². The van der Waals surface area contributed by atoms with Crippen LogP contribution < -0.4 is 10.6 Å². The van der Waals surface area contributed by atoms with Crippen LogP contribution in [0.25, 0.3) is 0 Å². The molecule has 0 nitrogen and oxygen atoms in total. The normalized spacial score (nSPS) is 21.6. The molecule has 1 heterocycles. The van der Waals surface area contributed by atoms with Crippen molar-refractivity contribution in [2.24, 2.45) is 0 Å². The number of halogens is 6. The van der Waals surface area contributed by atoms with Crippen LogP contribution in [0.4, 0.5) is 25.2 Å². The minimum absolute atomic E-state index is 0.632. The predicted octanol–water partition coefficient (Wildman–Crippen LogP) is 9.44. The monoisotopic (exact) mass is 504 g/mol. The molecule has 1 aliphatic rings. The van der Waals surface area contributed by atoms with E-state index in [0.717, 1.165) is 0 Å². The van der Waals surface area contributed by atoms with E-state index in [2.05, 4.69) is 99.6 Å². The molecule has 3 aromatic rings. The van der Waals surface area contributed by atoms with E-state index in [1.807, 2.05) is 0 Å². The molecule has 0 amide bonds. The van der Waals surface area contributed by atoms with Gasteiger partial charge in [0.1, 0.15) is 0 Å². The Balaban J connectivity index is 0.000000383. The average molecular weight is 504 g/mol. The van der Waals surface area contributed by atoms with Gasteiger partial charge in [0.2, 0.25) is 0 Å². The first-order chi connectivity index (χ1) is 15.1. The molecule has 8 heteroatoms. The first kappa shape index (κ1) is 25.7. The fraction of sp³-hybridized carbons (Fsp3) is 0.280. The Labute approximate surface area is 191 Å². The summed E-state index contributed by atoms with van der Waals surface area (Å²) in [6, 6.07) is 29.7. The molecule has 0 saturated heterocycles. The van der Waals surface area contributed by atoms with Crippen LogP contribution in [0.2, 0.25) is 0 Å². The molecule has 0 fully saturated rings. The Morgan fingerprint density at radius 3 is 1.64 bits per heavy atom. The number of benzene rings is 3. The SMILES string of the molecule is CCC1c2cccc(C)c2C[P+](c2ccccc2)(c2ccccc2)C1C.F[P-](F)(F)(F)(F)F. The standard InChI is InChI=1S/C25H28P.F6P/c1-4-23-20(3)26(21-13-7-5-8-14-21,22-15-9-6-10-16-22)18-25-19(2)12-11-17-24(23)25;1-7(2,3,4,5)6/h5-17,20,23H,4,18H2,1-3H3;/q+1;-1. The van der Waals surface area contributed by atoms with E-state index in [4.69, 9.17) is 0 Å². The van der Waals surface area contributed by atoms with Crippen molar-refractivity contribution in [3.8, 4) is 0 Å². The Hall–Kier alpha value is -1.90. The third-order valence-corrected chi connectivity index (χ3v) is 11.4. The van der Waals surface area contributed by atoms with E-state index in [-0.39, 0.29) is 0 Å². The van der Waals surface area contributed by atoms with Gasteiger partial charge in [0.15, 0.2) is 0 Å². The van der Waals surface area contributed by atoms with Crippen LogP contribution in [-0.4, -0.2) is 5.66 Å². The van der Waals surface area contributed by atoms with Gasteiger partial charge in [0.05, 0.1) is 29.7 Å². The van der Waals surface area contributed by atoms with Gasteiger partial charge in [-0.15, -0.1) is 0 Å². The van der Waals surface area contributed by atoms with Crippen LogP contribution in [0.15, 0.2) is 78.9 Å². The number of aryl methyl sites for hydroxylation is 1. The van der Waals surface area contributed by atoms with E-state index in [1.165, 1.54) is 18.1 Å². The Bertz CT molecular complexity index is 1050. The molecular formula is C25H28F6P2. The van der Waals surface area contributed by atoms with Gasteiger partial charge in [0, 0.05) is 5.92 Å². The Morgan fingerprint density at radius 1 is 0.758 bits per heavy atom. The fourth-order valence-electron chi connectivity index (χ4n) is 5.00. The molecule has 33 heavy (non-hydrogen) atoms. The van der Waals surface area contributed by atoms with Gasteiger partial charge in [-0.3, -0.25) is 0 Å². The van der Waals surface area contributed by atoms with Gasteiger partial charge < -0.3 is 0 Å². The summed E-state index contributed by atoms with van der Waals surface area (Å²) < 4.78 is 59.2. The average Bonchev–Trinajstić information content (AvgIpc) is 2.73. The molecule has 1 aliphatic heterocycles. The van der Waals surface area contributed by atoms with Crippen molar-refractivity contribution in [3.05, 3.63) is 95.6 Å². The third kappa shape index (κ3) is 6.37. The van der Waals surface area contributed by atoms with Gasteiger partial charge in [-0.25, -0.2) is 0 Å². The fourth-order valence-corrected chi connectivity index (χ4v) is 10.2. The van der Waals surface area contributed by atoms with Crippen molar-refractivity contribution < 1.29 is 25.2 Å². The second kappa shape index (κ2) is 8.40. The minimum atomic E-state index is -10.7. The van der Waals surface area contributed by atoms with Crippen LogP contribution in [0.3, 0.4) is 0 Å². The number of rotatable bonds is 3. The number of fused-ring (bicyclic) bond motifs is 1. The van der Waals surface area contributed by atoms with Crippen LogP contribution in [-0.2, 0) is 6.16 Å². The summed E-state index contributed by atoms with van der Waals surface area (Å²) in [5, 5.41) is 3.12. The summed E-state index contributed by atoms with van der Waals surface area (Å²) in [4.78, 5) is 0.